The van der Waals surface area contributed by atoms with Gasteiger partial charge in [0, 0.05) is 25.6 Å². The largest absolute Gasteiger partial charge is 0.496 e. The number of carbonyl (C=O) groups excluding carboxylic acids is 1. The van der Waals surface area contributed by atoms with Gasteiger partial charge in [-0.25, -0.2) is 0 Å². The van der Waals surface area contributed by atoms with E-state index in [1.54, 1.807) is 7.11 Å². The number of likely N-dealkylation sites (tertiary alicyclic amines) is 1. The summed E-state index contributed by atoms with van der Waals surface area (Å²) in [5.41, 5.74) is 7.05. The van der Waals surface area contributed by atoms with Crippen LogP contribution in [0.5, 0.6) is 5.75 Å². The van der Waals surface area contributed by atoms with Crippen molar-refractivity contribution in [1.29, 1.82) is 0 Å². The van der Waals surface area contributed by atoms with Gasteiger partial charge >= 0.3 is 0 Å². The molecule has 0 aliphatic carbocycles. The smallest absolute Gasteiger partial charge is 0.222 e. The highest BCUT2D eigenvalue weighted by Gasteiger charge is 2.22. The second-order valence-electron chi connectivity index (χ2n) is 6.04. The first-order valence-electron chi connectivity index (χ1n) is 7.75. The van der Waals surface area contributed by atoms with Gasteiger partial charge in [-0.3, -0.25) is 4.79 Å². The number of nitrogens with zero attached hydrogens (tertiary/aromatic N) is 1. The van der Waals surface area contributed by atoms with Crippen molar-refractivity contribution in [3.8, 4) is 5.75 Å². The molecule has 2 N–H and O–H groups in total. The van der Waals surface area contributed by atoms with Crippen molar-refractivity contribution >= 4 is 5.91 Å². The van der Waals surface area contributed by atoms with E-state index in [2.05, 4.69) is 13.0 Å². The zero-order valence-corrected chi connectivity index (χ0v) is 13.0. The van der Waals surface area contributed by atoms with Crippen molar-refractivity contribution in [3.05, 3.63) is 29.8 Å². The van der Waals surface area contributed by atoms with Crippen molar-refractivity contribution in [2.75, 3.05) is 20.2 Å². The molecule has 0 saturated carbocycles. The molecule has 1 saturated heterocycles. The fourth-order valence-electron chi connectivity index (χ4n) is 2.90. The van der Waals surface area contributed by atoms with Crippen molar-refractivity contribution in [2.24, 2.45) is 11.7 Å². The van der Waals surface area contributed by atoms with Gasteiger partial charge in [0.1, 0.15) is 5.75 Å². The number of methoxy groups -OCH3 is 1. The molecule has 116 valence electrons. The Bertz CT molecular complexity index is 468. The molecule has 4 heteroatoms. The number of nitrogens with two attached hydrogens (primary N) is 1. The summed E-state index contributed by atoms with van der Waals surface area (Å²) in [6.07, 6.45) is 3.30. The second kappa shape index (κ2) is 7.46. The average molecular weight is 290 g/mol. The van der Waals surface area contributed by atoms with E-state index >= 15 is 0 Å². The van der Waals surface area contributed by atoms with Crippen LogP contribution in [0.25, 0.3) is 0 Å². The van der Waals surface area contributed by atoms with Crippen LogP contribution >= 0.6 is 0 Å². The van der Waals surface area contributed by atoms with Crippen LogP contribution in [0.2, 0.25) is 0 Å². The fourth-order valence-corrected chi connectivity index (χ4v) is 2.90. The molecule has 1 atom stereocenters. The highest BCUT2D eigenvalue weighted by Crippen LogP contribution is 2.23. The monoisotopic (exact) mass is 290 g/mol. The number of hydrogen-bond acceptors (Lipinski definition) is 3. The van der Waals surface area contributed by atoms with Gasteiger partial charge in [-0.1, -0.05) is 25.1 Å². The first kappa shape index (κ1) is 15.8. The van der Waals surface area contributed by atoms with Crippen LogP contribution < -0.4 is 10.5 Å². The normalized spacial score (nSPS) is 17.6. The second-order valence-corrected chi connectivity index (χ2v) is 6.04. The molecular weight excluding hydrogens is 264 g/mol. The molecule has 0 aromatic heterocycles. The van der Waals surface area contributed by atoms with Crippen molar-refractivity contribution in [3.63, 3.8) is 0 Å². The summed E-state index contributed by atoms with van der Waals surface area (Å²) < 4.78 is 5.37. The van der Waals surface area contributed by atoms with E-state index in [0.717, 1.165) is 38.1 Å². The Hall–Kier alpha value is -1.55. The van der Waals surface area contributed by atoms with Gasteiger partial charge in [0.05, 0.1) is 7.11 Å². The van der Waals surface area contributed by atoms with Gasteiger partial charge in [0.15, 0.2) is 0 Å². The third-order valence-corrected chi connectivity index (χ3v) is 4.18. The molecule has 21 heavy (non-hydrogen) atoms. The molecule has 1 unspecified atom stereocenters. The van der Waals surface area contributed by atoms with Crippen LogP contribution in [-0.2, 0) is 11.2 Å². The number of benzene rings is 1. The first-order chi connectivity index (χ1) is 10.1. The predicted molar refractivity (Wildman–Crippen MR) is 84.3 cm³/mol. The van der Waals surface area contributed by atoms with Crippen LogP contribution in [0.15, 0.2) is 24.3 Å². The zero-order chi connectivity index (χ0) is 15.2. The predicted octanol–water partition coefficient (Wildman–Crippen LogP) is 2.21. The van der Waals surface area contributed by atoms with E-state index in [1.807, 2.05) is 23.1 Å². The fraction of sp³-hybridized carbons (Fsp3) is 0.588. The van der Waals surface area contributed by atoms with Crippen molar-refractivity contribution in [1.82, 2.24) is 4.90 Å². The molecule has 1 aliphatic rings. The minimum absolute atomic E-state index is 0.254. The van der Waals surface area contributed by atoms with Crippen molar-refractivity contribution < 1.29 is 9.53 Å². The minimum Gasteiger partial charge on any atom is -0.496 e. The number of carbonyl (C=O) groups is 1. The van der Waals surface area contributed by atoms with Crippen molar-refractivity contribution in [2.45, 2.75) is 38.6 Å². The molecule has 4 nitrogen and oxygen atoms in total. The molecule has 1 fully saturated rings. The van der Waals surface area contributed by atoms with E-state index in [1.165, 1.54) is 5.56 Å². The molecule has 1 aliphatic heterocycles. The van der Waals surface area contributed by atoms with Crippen LogP contribution in [0, 0.1) is 5.92 Å². The topological polar surface area (TPSA) is 55.6 Å². The Labute approximate surface area is 127 Å². The van der Waals surface area contributed by atoms with Crippen LogP contribution in [-0.4, -0.2) is 37.0 Å². The van der Waals surface area contributed by atoms with E-state index in [0.29, 0.717) is 12.3 Å². The average Bonchev–Trinajstić information content (AvgIpc) is 2.48. The lowest BCUT2D eigenvalue weighted by molar-refractivity contribution is -0.133. The zero-order valence-electron chi connectivity index (χ0n) is 13.0. The maximum Gasteiger partial charge on any atom is 0.222 e. The summed E-state index contributed by atoms with van der Waals surface area (Å²) in [5.74, 6) is 1.47. The SMILES string of the molecule is COc1ccccc1CC(C)CC(=O)N1CCC(N)CC1. The third kappa shape index (κ3) is 4.46. The summed E-state index contributed by atoms with van der Waals surface area (Å²) in [4.78, 5) is 14.3. The Morgan fingerprint density at radius 2 is 2.05 bits per heavy atom. The number of para-hydroxylation sites is 1. The van der Waals surface area contributed by atoms with E-state index in [9.17, 15) is 4.79 Å². The van der Waals surface area contributed by atoms with Gasteiger partial charge in [-0.15, -0.1) is 0 Å². The molecule has 1 aromatic rings. The van der Waals surface area contributed by atoms with E-state index < -0.39 is 0 Å². The van der Waals surface area contributed by atoms with Gasteiger partial charge in [0.25, 0.3) is 0 Å². The summed E-state index contributed by atoms with van der Waals surface area (Å²) in [5, 5.41) is 0. The summed E-state index contributed by atoms with van der Waals surface area (Å²) in [7, 11) is 1.69. The lowest BCUT2D eigenvalue weighted by Crippen LogP contribution is -2.43. The Kier molecular flexibility index (Phi) is 5.62. The number of hydrogen-bond donors (Lipinski definition) is 1. The molecule has 1 amide bonds. The lowest BCUT2D eigenvalue weighted by Gasteiger charge is -2.31. The van der Waals surface area contributed by atoms with Gasteiger partial charge < -0.3 is 15.4 Å². The molecule has 0 bridgehead atoms. The standard InChI is InChI=1S/C17H26N2O2/c1-13(11-14-5-3-4-6-16(14)21-2)12-17(20)19-9-7-15(18)8-10-19/h3-6,13,15H,7-12,18H2,1-2H3. The Morgan fingerprint density at radius 3 is 2.71 bits per heavy atom. The molecule has 1 heterocycles. The quantitative estimate of drug-likeness (QED) is 0.904. The summed E-state index contributed by atoms with van der Waals surface area (Å²) >= 11 is 0. The molecule has 0 radical (unpaired) electrons. The third-order valence-electron chi connectivity index (χ3n) is 4.18. The lowest BCUT2D eigenvalue weighted by atomic mass is 9.96. The molecular formula is C17H26N2O2. The first-order valence-corrected chi connectivity index (χ1v) is 7.75. The molecule has 2 rings (SSSR count). The van der Waals surface area contributed by atoms with Crippen LogP contribution in [0.1, 0.15) is 31.7 Å². The molecule has 1 aromatic carbocycles. The van der Waals surface area contributed by atoms with Crippen LogP contribution in [0.3, 0.4) is 0 Å². The Morgan fingerprint density at radius 1 is 1.38 bits per heavy atom. The number of piperidine rings is 1. The Balaban J connectivity index is 1.86. The van der Waals surface area contributed by atoms with Gasteiger partial charge in [0.2, 0.25) is 5.91 Å². The number of amides is 1. The van der Waals surface area contributed by atoms with Crippen LogP contribution in [0.4, 0.5) is 0 Å². The van der Waals surface area contributed by atoms with E-state index in [-0.39, 0.29) is 11.9 Å². The maximum atomic E-state index is 12.3. The van der Waals surface area contributed by atoms with Gasteiger partial charge in [-0.2, -0.15) is 0 Å². The number of rotatable bonds is 5. The highest BCUT2D eigenvalue weighted by molar-refractivity contribution is 5.76. The van der Waals surface area contributed by atoms with Gasteiger partial charge in [-0.05, 0) is 36.8 Å². The summed E-state index contributed by atoms with van der Waals surface area (Å²) in [6, 6.07) is 8.28. The summed E-state index contributed by atoms with van der Waals surface area (Å²) in [6.45, 7) is 3.74. The number of ether oxygens (including phenoxy) is 1. The maximum absolute atomic E-state index is 12.3. The minimum atomic E-state index is 0.254. The highest BCUT2D eigenvalue weighted by atomic mass is 16.5. The van der Waals surface area contributed by atoms with E-state index in [4.69, 9.17) is 10.5 Å². The molecule has 0 spiro atoms.